The van der Waals surface area contributed by atoms with Gasteiger partial charge in [0.2, 0.25) is 21.8 Å². The second-order valence-corrected chi connectivity index (χ2v) is 9.75. The maximum absolute atomic E-state index is 13.4. The van der Waals surface area contributed by atoms with Crippen molar-refractivity contribution in [1.29, 1.82) is 0 Å². The van der Waals surface area contributed by atoms with Crippen LogP contribution in [-0.2, 0) is 32.6 Å². The number of carbonyl (C=O) groups is 2. The fraction of sp³-hybridized carbons (Fsp3) is 0.417. The van der Waals surface area contributed by atoms with E-state index < -0.39 is 22.0 Å². The number of aryl methyl sites for hydroxylation is 2. The minimum atomic E-state index is -3.72. The highest BCUT2D eigenvalue weighted by Gasteiger charge is 2.31. The molecular weight excluding hydrogens is 426 g/mol. The van der Waals surface area contributed by atoms with E-state index in [1.807, 2.05) is 57.2 Å². The first-order chi connectivity index (χ1) is 15.1. The highest BCUT2D eigenvalue weighted by molar-refractivity contribution is 7.92. The summed E-state index contributed by atoms with van der Waals surface area (Å²) in [6, 6.07) is 14.1. The highest BCUT2D eigenvalue weighted by atomic mass is 32.2. The van der Waals surface area contributed by atoms with Crippen LogP contribution in [0.5, 0.6) is 0 Å². The van der Waals surface area contributed by atoms with E-state index in [4.69, 9.17) is 0 Å². The van der Waals surface area contributed by atoms with Crippen molar-refractivity contribution < 1.29 is 18.0 Å². The largest absolute Gasteiger partial charge is 0.357 e. The Labute approximate surface area is 191 Å². The van der Waals surface area contributed by atoms with Crippen molar-refractivity contribution in [1.82, 2.24) is 10.2 Å². The van der Waals surface area contributed by atoms with Crippen LogP contribution in [0.2, 0.25) is 0 Å². The first kappa shape index (κ1) is 25.4. The lowest BCUT2D eigenvalue weighted by Gasteiger charge is -2.32. The molecule has 0 heterocycles. The zero-order chi connectivity index (χ0) is 23.9. The van der Waals surface area contributed by atoms with E-state index >= 15 is 0 Å². The van der Waals surface area contributed by atoms with Gasteiger partial charge in [-0.25, -0.2) is 8.42 Å². The summed E-state index contributed by atoms with van der Waals surface area (Å²) in [6.07, 6.45) is 2.31. The summed E-state index contributed by atoms with van der Waals surface area (Å²) in [5, 5.41) is 2.61. The van der Waals surface area contributed by atoms with Gasteiger partial charge in [0.05, 0.1) is 11.9 Å². The number of amides is 2. The van der Waals surface area contributed by atoms with Crippen molar-refractivity contribution in [3.05, 3.63) is 65.2 Å². The van der Waals surface area contributed by atoms with E-state index in [9.17, 15) is 18.0 Å². The van der Waals surface area contributed by atoms with Crippen LogP contribution in [0, 0.1) is 6.92 Å². The van der Waals surface area contributed by atoms with Gasteiger partial charge >= 0.3 is 0 Å². The predicted molar refractivity (Wildman–Crippen MR) is 128 cm³/mol. The Balaban J connectivity index is 2.41. The van der Waals surface area contributed by atoms with Crippen molar-refractivity contribution in [2.75, 3.05) is 24.2 Å². The fourth-order valence-corrected chi connectivity index (χ4v) is 4.45. The molecule has 2 aromatic carbocycles. The summed E-state index contributed by atoms with van der Waals surface area (Å²) in [6.45, 7) is 5.62. The van der Waals surface area contributed by atoms with Crippen LogP contribution in [0.25, 0.3) is 0 Å². The lowest BCUT2D eigenvalue weighted by atomic mass is 10.1. The molecule has 0 aliphatic carbocycles. The third kappa shape index (κ3) is 6.56. The molecule has 0 spiro atoms. The number of carbonyl (C=O) groups excluding carboxylic acids is 2. The molecule has 1 atom stereocenters. The molecule has 0 saturated carbocycles. The normalized spacial score (nSPS) is 12.2. The molecule has 2 rings (SSSR count). The van der Waals surface area contributed by atoms with E-state index in [1.165, 1.54) is 11.9 Å². The Kier molecular flexibility index (Phi) is 8.83. The summed E-state index contributed by atoms with van der Waals surface area (Å²) < 4.78 is 26.2. The van der Waals surface area contributed by atoms with Gasteiger partial charge in [0.25, 0.3) is 0 Å². The number of sulfonamides is 1. The van der Waals surface area contributed by atoms with Crippen LogP contribution in [0.15, 0.2) is 48.5 Å². The third-order valence-corrected chi connectivity index (χ3v) is 6.52. The lowest BCUT2D eigenvalue weighted by Crippen LogP contribution is -2.51. The molecule has 2 aromatic rings. The van der Waals surface area contributed by atoms with Gasteiger partial charge in [-0.2, -0.15) is 0 Å². The Morgan fingerprint density at radius 3 is 2.19 bits per heavy atom. The van der Waals surface area contributed by atoms with Gasteiger partial charge in [0.15, 0.2) is 0 Å². The number of hydrogen-bond acceptors (Lipinski definition) is 4. The molecular formula is C24H33N3O4S. The Hall–Kier alpha value is -2.87. The van der Waals surface area contributed by atoms with Gasteiger partial charge in [-0.3, -0.25) is 13.9 Å². The van der Waals surface area contributed by atoms with Crippen molar-refractivity contribution in [3.63, 3.8) is 0 Å². The molecule has 0 unspecified atom stereocenters. The molecule has 32 heavy (non-hydrogen) atoms. The SMILES string of the molecule is CCc1ccc(N(CC(=O)N(Cc2cccc(C)c2)[C@@H](CC)C(=O)NC)S(C)(=O)=O)cc1. The van der Waals surface area contributed by atoms with Crippen molar-refractivity contribution >= 4 is 27.5 Å². The lowest BCUT2D eigenvalue weighted by molar-refractivity contribution is -0.140. The molecule has 174 valence electrons. The molecule has 1 N–H and O–H groups in total. The molecule has 0 fully saturated rings. The summed E-state index contributed by atoms with van der Waals surface area (Å²) in [4.78, 5) is 27.4. The molecule has 0 saturated heterocycles. The summed E-state index contributed by atoms with van der Waals surface area (Å²) in [5.41, 5.74) is 3.40. The van der Waals surface area contributed by atoms with Crippen molar-refractivity contribution in [3.8, 4) is 0 Å². The maximum atomic E-state index is 13.4. The van der Waals surface area contributed by atoms with Gasteiger partial charge in [-0.15, -0.1) is 0 Å². The third-order valence-electron chi connectivity index (χ3n) is 5.38. The number of hydrogen-bond donors (Lipinski definition) is 1. The monoisotopic (exact) mass is 459 g/mol. The number of nitrogens with zero attached hydrogens (tertiary/aromatic N) is 2. The van der Waals surface area contributed by atoms with Crippen LogP contribution in [-0.4, -0.2) is 51.0 Å². The van der Waals surface area contributed by atoms with Crippen molar-refractivity contribution in [2.45, 2.75) is 46.2 Å². The van der Waals surface area contributed by atoms with Crippen molar-refractivity contribution in [2.24, 2.45) is 0 Å². The van der Waals surface area contributed by atoms with E-state index in [0.29, 0.717) is 12.1 Å². The average Bonchev–Trinajstić information content (AvgIpc) is 2.76. The first-order valence-corrected chi connectivity index (χ1v) is 12.6. The highest BCUT2D eigenvalue weighted by Crippen LogP contribution is 2.21. The molecule has 0 aliphatic rings. The second-order valence-electron chi connectivity index (χ2n) is 7.84. The molecule has 2 amide bonds. The Morgan fingerprint density at radius 1 is 1.03 bits per heavy atom. The van der Waals surface area contributed by atoms with Crippen LogP contribution in [0.4, 0.5) is 5.69 Å². The van der Waals surface area contributed by atoms with E-state index in [2.05, 4.69) is 5.32 Å². The minimum absolute atomic E-state index is 0.207. The Bertz CT molecular complexity index is 1040. The minimum Gasteiger partial charge on any atom is -0.357 e. The molecule has 0 aromatic heterocycles. The zero-order valence-corrected chi connectivity index (χ0v) is 20.3. The smallest absolute Gasteiger partial charge is 0.244 e. The standard InChI is InChI=1S/C24H33N3O4S/c1-6-19-11-13-21(14-12-19)27(32(5,30)31)17-23(28)26(22(7-2)24(29)25-4)16-20-10-8-9-18(3)15-20/h8-15,22H,6-7,16-17H2,1-5H3,(H,25,29)/t22-/m0/s1. The topological polar surface area (TPSA) is 86.8 Å². The summed E-state index contributed by atoms with van der Waals surface area (Å²) in [5.74, 6) is -0.723. The number of likely N-dealkylation sites (N-methyl/N-ethyl adjacent to an activating group) is 1. The quantitative estimate of drug-likeness (QED) is 0.592. The maximum Gasteiger partial charge on any atom is 0.244 e. The zero-order valence-electron chi connectivity index (χ0n) is 19.5. The van der Waals surface area contributed by atoms with Crippen LogP contribution >= 0.6 is 0 Å². The van der Waals surface area contributed by atoms with Crippen LogP contribution in [0.1, 0.15) is 37.0 Å². The summed E-state index contributed by atoms with van der Waals surface area (Å²) in [7, 11) is -2.19. The van der Waals surface area contributed by atoms with Gasteiger partial charge in [0, 0.05) is 13.6 Å². The van der Waals surface area contributed by atoms with E-state index in [-0.39, 0.29) is 19.0 Å². The molecule has 0 radical (unpaired) electrons. The molecule has 7 nitrogen and oxygen atoms in total. The van der Waals surface area contributed by atoms with Gasteiger partial charge in [-0.05, 0) is 43.0 Å². The predicted octanol–water partition coefficient (Wildman–Crippen LogP) is 2.88. The number of nitrogens with one attached hydrogen (secondary N) is 1. The van der Waals surface area contributed by atoms with Gasteiger partial charge < -0.3 is 10.2 Å². The molecule has 0 bridgehead atoms. The number of benzene rings is 2. The fourth-order valence-electron chi connectivity index (χ4n) is 3.60. The van der Waals surface area contributed by atoms with E-state index in [1.54, 1.807) is 12.1 Å². The molecule has 8 heteroatoms. The molecule has 0 aliphatic heterocycles. The van der Waals surface area contributed by atoms with Gasteiger partial charge in [-0.1, -0.05) is 55.8 Å². The van der Waals surface area contributed by atoms with Crippen LogP contribution in [0.3, 0.4) is 0 Å². The van der Waals surface area contributed by atoms with Crippen LogP contribution < -0.4 is 9.62 Å². The average molecular weight is 460 g/mol. The second kappa shape index (κ2) is 11.1. The number of rotatable bonds is 10. The number of anilines is 1. The first-order valence-electron chi connectivity index (χ1n) is 10.7. The Morgan fingerprint density at radius 2 is 1.69 bits per heavy atom. The summed E-state index contributed by atoms with van der Waals surface area (Å²) >= 11 is 0. The van der Waals surface area contributed by atoms with E-state index in [0.717, 1.165) is 33.7 Å². The van der Waals surface area contributed by atoms with Gasteiger partial charge in [0.1, 0.15) is 12.6 Å².